The molecule has 24 heavy (non-hydrogen) atoms. The minimum absolute atomic E-state index is 0.242. The highest BCUT2D eigenvalue weighted by molar-refractivity contribution is 7.98. The van der Waals surface area contributed by atoms with Crippen LogP contribution in [0.1, 0.15) is 29.7 Å². The maximum absolute atomic E-state index is 11.6. The van der Waals surface area contributed by atoms with E-state index >= 15 is 0 Å². The predicted molar refractivity (Wildman–Crippen MR) is 100 cm³/mol. The molecule has 0 spiro atoms. The first-order chi connectivity index (χ1) is 11.6. The van der Waals surface area contributed by atoms with Gasteiger partial charge in [0.05, 0.1) is 11.6 Å². The van der Waals surface area contributed by atoms with Crippen molar-refractivity contribution in [1.82, 2.24) is 4.98 Å². The molecule has 0 unspecified atom stereocenters. The second-order valence-corrected chi connectivity index (χ2v) is 6.79. The lowest BCUT2D eigenvalue weighted by Crippen LogP contribution is -2.32. The molecule has 0 radical (unpaired) electrons. The van der Waals surface area contributed by atoms with E-state index in [9.17, 15) is 5.11 Å². The molecule has 1 aromatic heterocycles. The first kappa shape index (κ1) is 16.7. The third-order valence-electron chi connectivity index (χ3n) is 4.33. The maximum Gasteiger partial charge on any atom is 0.100 e. The van der Waals surface area contributed by atoms with Crippen LogP contribution >= 0.6 is 11.8 Å². The molecule has 2 nitrogen and oxygen atoms in total. The third-order valence-corrected chi connectivity index (χ3v) is 5.13. The van der Waals surface area contributed by atoms with Crippen molar-refractivity contribution in [3.05, 3.63) is 95.8 Å². The van der Waals surface area contributed by atoms with Crippen LogP contribution in [-0.4, -0.2) is 16.3 Å². The molecule has 0 aliphatic rings. The highest BCUT2D eigenvalue weighted by Gasteiger charge is 2.38. The average molecular weight is 335 g/mol. The highest BCUT2D eigenvalue weighted by atomic mass is 32.2. The molecule has 122 valence electrons. The van der Waals surface area contributed by atoms with Crippen LogP contribution in [0.2, 0.25) is 0 Å². The normalized spacial score (nSPS) is 14.8. The van der Waals surface area contributed by atoms with Crippen LogP contribution in [0.3, 0.4) is 0 Å². The average Bonchev–Trinajstić information content (AvgIpc) is 2.63. The van der Waals surface area contributed by atoms with E-state index in [1.807, 2.05) is 67.8 Å². The fourth-order valence-electron chi connectivity index (χ4n) is 3.19. The van der Waals surface area contributed by atoms with Crippen LogP contribution in [0.15, 0.2) is 83.9 Å². The van der Waals surface area contributed by atoms with Gasteiger partial charge in [0.1, 0.15) is 5.60 Å². The van der Waals surface area contributed by atoms with Gasteiger partial charge in [0.15, 0.2) is 0 Å². The number of pyridine rings is 1. The van der Waals surface area contributed by atoms with Gasteiger partial charge in [-0.3, -0.25) is 4.98 Å². The van der Waals surface area contributed by atoms with Crippen LogP contribution in [0.4, 0.5) is 0 Å². The van der Waals surface area contributed by atoms with Crippen molar-refractivity contribution in [3.63, 3.8) is 0 Å². The molecule has 0 aliphatic carbocycles. The number of thioether (sulfide) groups is 1. The molecule has 2 aromatic carbocycles. The van der Waals surface area contributed by atoms with Gasteiger partial charge < -0.3 is 5.11 Å². The van der Waals surface area contributed by atoms with Gasteiger partial charge in [-0.15, -0.1) is 11.8 Å². The van der Waals surface area contributed by atoms with Gasteiger partial charge in [0.25, 0.3) is 0 Å². The molecule has 0 bridgehead atoms. The summed E-state index contributed by atoms with van der Waals surface area (Å²) in [7, 11) is 0. The molecular formula is C21H21NOS. The molecular weight excluding hydrogens is 314 g/mol. The summed E-state index contributed by atoms with van der Waals surface area (Å²) >= 11 is 1.65. The number of nitrogens with zero attached hydrogens (tertiary/aromatic N) is 1. The van der Waals surface area contributed by atoms with Crippen LogP contribution in [0.25, 0.3) is 0 Å². The summed E-state index contributed by atoms with van der Waals surface area (Å²) in [6.07, 6.45) is 3.81. The molecule has 3 heteroatoms. The van der Waals surface area contributed by atoms with E-state index in [1.165, 1.54) is 0 Å². The highest BCUT2D eigenvalue weighted by Crippen LogP contribution is 2.43. The Morgan fingerprint density at radius 3 is 2.25 bits per heavy atom. The zero-order valence-corrected chi connectivity index (χ0v) is 14.7. The largest absolute Gasteiger partial charge is 0.384 e. The van der Waals surface area contributed by atoms with E-state index < -0.39 is 5.60 Å². The first-order valence-electron chi connectivity index (χ1n) is 7.96. The van der Waals surface area contributed by atoms with Gasteiger partial charge in [-0.1, -0.05) is 54.6 Å². The number of aromatic nitrogens is 1. The Kier molecular flexibility index (Phi) is 5.03. The van der Waals surface area contributed by atoms with E-state index in [2.05, 4.69) is 23.2 Å². The van der Waals surface area contributed by atoms with E-state index in [4.69, 9.17) is 0 Å². The third kappa shape index (κ3) is 3.23. The smallest absolute Gasteiger partial charge is 0.100 e. The summed E-state index contributed by atoms with van der Waals surface area (Å²) in [6, 6.07) is 24.0. The molecule has 0 amide bonds. The Labute approximate surface area is 147 Å². The number of hydrogen-bond donors (Lipinski definition) is 1. The fourth-order valence-corrected chi connectivity index (χ4v) is 3.90. The molecule has 1 heterocycles. The summed E-state index contributed by atoms with van der Waals surface area (Å²) in [5, 5.41) is 11.6. The van der Waals surface area contributed by atoms with Gasteiger partial charge >= 0.3 is 0 Å². The first-order valence-corrected chi connectivity index (χ1v) is 9.19. The number of hydrogen-bond acceptors (Lipinski definition) is 3. The topological polar surface area (TPSA) is 33.1 Å². The summed E-state index contributed by atoms with van der Waals surface area (Å²) in [5.74, 6) is -0.242. The minimum atomic E-state index is -1.07. The summed E-state index contributed by atoms with van der Waals surface area (Å²) in [5.41, 5.74) is 1.77. The Hall–Kier alpha value is -2.10. The Balaban J connectivity index is 2.18. The van der Waals surface area contributed by atoms with Crippen LogP contribution < -0.4 is 0 Å². The van der Waals surface area contributed by atoms with Crippen LogP contribution in [-0.2, 0) is 5.60 Å². The maximum atomic E-state index is 11.6. The number of benzene rings is 2. The van der Waals surface area contributed by atoms with Crippen molar-refractivity contribution < 1.29 is 5.11 Å². The second kappa shape index (κ2) is 7.20. The van der Waals surface area contributed by atoms with E-state index in [0.29, 0.717) is 0 Å². The molecule has 2 atom stereocenters. The van der Waals surface area contributed by atoms with Crippen molar-refractivity contribution >= 4 is 11.8 Å². The van der Waals surface area contributed by atoms with Gasteiger partial charge in [-0.2, -0.15) is 0 Å². The quantitative estimate of drug-likeness (QED) is 0.677. The minimum Gasteiger partial charge on any atom is -0.384 e. The lowest BCUT2D eigenvalue weighted by Gasteiger charge is -2.34. The molecule has 0 saturated carbocycles. The Morgan fingerprint density at radius 1 is 0.917 bits per heavy atom. The second-order valence-electron chi connectivity index (χ2n) is 5.95. The molecule has 3 aromatic rings. The van der Waals surface area contributed by atoms with Crippen molar-refractivity contribution in [2.24, 2.45) is 0 Å². The van der Waals surface area contributed by atoms with E-state index in [-0.39, 0.29) is 5.92 Å². The van der Waals surface area contributed by atoms with Crippen molar-refractivity contribution in [3.8, 4) is 0 Å². The molecule has 0 fully saturated rings. The van der Waals surface area contributed by atoms with Crippen molar-refractivity contribution in [2.75, 3.05) is 6.26 Å². The Bertz CT molecular complexity index is 748. The molecule has 3 rings (SSSR count). The SMILES string of the molecule is CSc1ccccc1[C@](C)(O)[C@H](c1ccccc1)c1ccccn1. The molecule has 1 N–H and O–H groups in total. The van der Waals surface area contributed by atoms with Gasteiger partial charge in [0, 0.05) is 11.1 Å². The monoisotopic (exact) mass is 335 g/mol. The van der Waals surface area contributed by atoms with E-state index in [0.717, 1.165) is 21.7 Å². The lowest BCUT2D eigenvalue weighted by molar-refractivity contribution is 0.0354. The van der Waals surface area contributed by atoms with Gasteiger partial charge in [-0.05, 0) is 42.5 Å². The van der Waals surface area contributed by atoms with Crippen LogP contribution in [0, 0.1) is 0 Å². The van der Waals surface area contributed by atoms with Crippen molar-refractivity contribution in [2.45, 2.75) is 23.3 Å². The van der Waals surface area contributed by atoms with Gasteiger partial charge in [-0.25, -0.2) is 0 Å². The summed E-state index contributed by atoms with van der Waals surface area (Å²) in [6.45, 7) is 1.88. The van der Waals surface area contributed by atoms with E-state index in [1.54, 1.807) is 18.0 Å². The van der Waals surface area contributed by atoms with Crippen LogP contribution in [0.5, 0.6) is 0 Å². The summed E-state index contributed by atoms with van der Waals surface area (Å²) < 4.78 is 0. The van der Waals surface area contributed by atoms with Gasteiger partial charge in [0.2, 0.25) is 0 Å². The fraction of sp³-hybridized carbons (Fsp3) is 0.190. The number of rotatable bonds is 5. The molecule has 0 aliphatic heterocycles. The molecule has 0 saturated heterocycles. The van der Waals surface area contributed by atoms with Crippen molar-refractivity contribution in [1.29, 1.82) is 0 Å². The standard InChI is InChI=1S/C21H21NOS/c1-21(23,17-12-6-7-14-19(17)24-2)20(16-10-4-3-5-11-16)18-13-8-9-15-22-18/h3-15,20,23H,1-2H3/t20-,21+/m1/s1. The zero-order valence-electron chi connectivity index (χ0n) is 13.9. The lowest BCUT2D eigenvalue weighted by atomic mass is 9.76. The Morgan fingerprint density at radius 2 is 1.58 bits per heavy atom. The summed E-state index contributed by atoms with van der Waals surface area (Å²) in [4.78, 5) is 5.62. The zero-order chi connectivity index (χ0) is 17.0. The predicted octanol–water partition coefficient (Wildman–Crippen LogP) is 4.84. The number of aliphatic hydroxyl groups is 1.